The zero-order valence-electron chi connectivity index (χ0n) is 65.5. The third-order valence-electron chi connectivity index (χ3n) is 26.8. The topological polar surface area (TPSA) is 27.3 Å². The molecule has 5 heterocycles. The minimum absolute atomic E-state index is 0.222. The number of para-hydroxylation sites is 3. The molecular weight excluding hydrogens is 1290 g/mol. The molecule has 2 aliphatic heterocycles. The van der Waals surface area contributed by atoms with Crippen LogP contribution >= 0.6 is 0 Å². The molecule has 0 bridgehead atoms. The summed E-state index contributed by atoms with van der Waals surface area (Å²) in [5.74, 6) is 1.69. The number of hydrogen-bond acceptors (Lipinski definition) is 2. The van der Waals surface area contributed by atoms with Gasteiger partial charge in [0, 0.05) is 83.3 Å². The van der Waals surface area contributed by atoms with Gasteiger partial charge in [0.2, 0.25) is 0 Å². The number of rotatable bonds is 8. The first-order valence-corrected chi connectivity index (χ1v) is 38.5. The lowest BCUT2D eigenvalue weighted by Gasteiger charge is -2.42. The molecule has 0 saturated carbocycles. The zero-order valence-corrected chi connectivity index (χ0v) is 65.5. The monoisotopic (exact) mass is 1360 g/mol. The summed E-state index contributed by atoms with van der Waals surface area (Å²) in [6.45, 7) is -0.222. The molecule has 0 fully saturated rings. The van der Waals surface area contributed by atoms with E-state index in [2.05, 4.69) is 372 Å². The van der Waals surface area contributed by atoms with Crippen LogP contribution in [0.15, 0.2) is 212 Å². The highest BCUT2D eigenvalue weighted by Crippen LogP contribution is 2.51. The van der Waals surface area contributed by atoms with Crippen LogP contribution in [0.3, 0.4) is 0 Å². The number of fused-ring (bicyclic) bond motifs is 13. The highest BCUT2D eigenvalue weighted by Gasteiger charge is 2.44. The predicted molar refractivity (Wildman–Crippen MR) is 524 cm³/mol. The summed E-state index contributed by atoms with van der Waals surface area (Å²) in [4.78, 5) is 2.64. The largest absolute Gasteiger partial charge is 0.458 e. The van der Waals surface area contributed by atoms with Crippen molar-refractivity contribution in [3.63, 3.8) is 0 Å². The summed E-state index contributed by atoms with van der Waals surface area (Å²) in [5.41, 5.74) is 51.0. The first-order valence-electron chi connectivity index (χ1n) is 38.5. The van der Waals surface area contributed by atoms with Crippen molar-refractivity contribution in [1.82, 2.24) is 13.7 Å². The van der Waals surface area contributed by atoms with Crippen molar-refractivity contribution in [3.05, 3.63) is 212 Å². The van der Waals surface area contributed by atoms with Gasteiger partial charge in [-0.05, 0) is 104 Å². The van der Waals surface area contributed by atoms with Gasteiger partial charge in [0.1, 0.15) is 153 Å². The smallest absolute Gasteiger partial charge is 0.256 e. The number of aromatic nitrogens is 3. The maximum absolute atomic E-state index is 7.84. The van der Waals surface area contributed by atoms with E-state index in [-0.39, 0.29) is 6.71 Å². The fourth-order valence-corrected chi connectivity index (χ4v) is 19.5. The number of anilines is 3. The Kier molecular flexibility index (Phi) is 15.7. The van der Waals surface area contributed by atoms with E-state index < -0.39 is 0 Å². The van der Waals surface area contributed by atoms with E-state index in [9.17, 15) is 0 Å². The molecule has 0 spiro atoms. The first-order chi connectivity index (χ1) is 52.1. The molecule has 0 radical (unpaired) electrons. The summed E-state index contributed by atoms with van der Waals surface area (Å²) in [6.07, 6.45) is 0. The summed E-state index contributed by atoms with van der Waals surface area (Å²) in [5, 5.41) is 7.57. The van der Waals surface area contributed by atoms with Gasteiger partial charge in [-0.25, -0.2) is 0 Å². The van der Waals surface area contributed by atoms with Crippen molar-refractivity contribution < 1.29 is 4.74 Å². The molecule has 0 unspecified atom stereocenters. The van der Waals surface area contributed by atoms with E-state index >= 15 is 0 Å². The first kappa shape index (κ1) is 67.9. The van der Waals surface area contributed by atoms with E-state index in [1.54, 1.807) is 0 Å². The number of ether oxygens (including phenoxy) is 1. The lowest BCUT2D eigenvalue weighted by atomic mass is 9.34. The van der Waals surface area contributed by atoms with Crippen molar-refractivity contribution in [2.45, 2.75) is 0 Å². The summed E-state index contributed by atoms with van der Waals surface area (Å²) in [7, 11) is 41.7. The lowest BCUT2D eigenvalue weighted by molar-refractivity contribution is 0.487. The van der Waals surface area contributed by atoms with Crippen molar-refractivity contribution in [2.75, 3.05) is 4.90 Å². The van der Waals surface area contributed by atoms with Gasteiger partial charge in [-0.15, -0.1) is 21.9 Å². The molecule has 14 aromatic carbocycles. The molecule has 3 aromatic heterocycles. The van der Waals surface area contributed by atoms with Crippen molar-refractivity contribution >= 4 is 345 Å². The van der Waals surface area contributed by atoms with Crippen LogP contribution in [0.5, 0.6) is 11.5 Å². The van der Waals surface area contributed by atoms with Crippen molar-refractivity contribution in [3.8, 4) is 73.1 Å². The van der Waals surface area contributed by atoms with E-state index in [0.717, 1.165) is 101 Å². The van der Waals surface area contributed by atoms with Gasteiger partial charge in [-0.1, -0.05) is 228 Å². The normalized spacial score (nSPS) is 12.4. The second kappa shape index (κ2) is 24.9. The second-order valence-electron chi connectivity index (χ2n) is 31.6. The molecule has 19 rings (SSSR count). The average molecular weight is 1360 g/mol. The van der Waals surface area contributed by atoms with Gasteiger partial charge in [0.25, 0.3) is 6.71 Å². The van der Waals surface area contributed by atoms with Gasteiger partial charge in [-0.2, -0.15) is 0 Å². The molecule has 24 heteroatoms. The zero-order chi connectivity index (χ0) is 74.6. The Morgan fingerprint density at radius 2 is 0.639 bits per heavy atom. The highest BCUT2D eigenvalue weighted by molar-refractivity contribution is 6.99. The molecule has 17 aromatic rings. The van der Waals surface area contributed by atoms with Crippen LogP contribution in [0, 0.1) is 0 Å². The Bertz CT molecular complexity index is 6740. The SMILES string of the molecule is Bc1c(B)c(B)c(-n2c3ccc(-c4ccc5c(c4)Oc4cc(-n6c7ccccc7c7ccccc76)cc6c4B5c4ccc(-c5ccc7c(c5)c5c(B)c(B)c(B)c(B)c5n7-c5c(B)c(B)c(B)c(B)c5B)cc4N6c4c(-c5ccccc5)cccc4-c4ccccc4)cc3c3c(B)c(B)c(B)c(B)c32)c(B)c1B. The van der Waals surface area contributed by atoms with Crippen LogP contribution < -0.4 is 124 Å². The molecule has 108 heavy (non-hydrogen) atoms. The molecule has 0 saturated heterocycles. The minimum Gasteiger partial charge on any atom is -0.458 e. The number of nitrogens with zero attached hydrogens (tertiary/aromatic N) is 4. The Balaban J connectivity index is 0.892. The Hall–Kier alpha value is -10.7. The Labute approximate surface area is 649 Å². The third-order valence-corrected chi connectivity index (χ3v) is 26.8. The van der Waals surface area contributed by atoms with Crippen LogP contribution in [-0.4, -0.2) is 162 Å². The fraction of sp³-hybridized carbons (Fsp3) is 0. The maximum Gasteiger partial charge on any atom is 0.256 e. The Morgan fingerprint density at radius 1 is 0.250 bits per heavy atom. The molecule has 0 amide bonds. The van der Waals surface area contributed by atoms with Gasteiger partial charge < -0.3 is 23.3 Å². The van der Waals surface area contributed by atoms with E-state index in [1.807, 2.05) is 0 Å². The standard InChI is InChI=1S/C84H71B19N4O/c85-61-59-47-30-38(24-28-53(47)106(81(59)73(97)67(91)63(61)87)83-75(99)69(93)65(89)70(94)76(83)100)40-22-26-49-55(32-40)105(80-43(36-12-3-1-4-13-36)18-11-19-44(80)37-14-5-2-6-15-37)56-34-42(104-51-20-9-7-16-45(51)46-17-8-10-21-52(46)104)35-58-79(56)103(49)50-27-23-41(33-57(50)108-58)39-25-29-54-48(31-39)60-62(86)64(88)68(92)74(98)82(60)107(54)84-77(101)71(95)66(90)72(96)78(84)102/h1-35H,85-102H2. The number of hydrogen-bond donors (Lipinski definition) is 0. The maximum atomic E-state index is 7.84. The van der Waals surface area contributed by atoms with Crippen LogP contribution in [-0.2, 0) is 0 Å². The van der Waals surface area contributed by atoms with Gasteiger partial charge in [0.15, 0.2) is 0 Å². The second-order valence-corrected chi connectivity index (χ2v) is 31.6. The van der Waals surface area contributed by atoms with E-state index in [4.69, 9.17) is 4.74 Å². The van der Waals surface area contributed by atoms with Crippen molar-refractivity contribution in [2.24, 2.45) is 0 Å². The molecule has 2 aliphatic rings. The van der Waals surface area contributed by atoms with Gasteiger partial charge >= 0.3 is 0 Å². The van der Waals surface area contributed by atoms with E-state index in [1.165, 1.54) is 170 Å². The van der Waals surface area contributed by atoms with Crippen LogP contribution in [0.1, 0.15) is 0 Å². The predicted octanol–water partition coefficient (Wildman–Crippen LogP) is -11.3. The number of benzene rings is 14. The highest BCUT2D eigenvalue weighted by atomic mass is 16.5. The molecule has 5 nitrogen and oxygen atoms in total. The quantitative estimate of drug-likeness (QED) is 0.142. The van der Waals surface area contributed by atoms with Crippen LogP contribution in [0.25, 0.3) is 127 Å². The van der Waals surface area contributed by atoms with Crippen LogP contribution in [0.2, 0.25) is 0 Å². The minimum atomic E-state index is -0.222. The molecular formula is C84H71B19N4O. The molecule has 0 aliphatic carbocycles. The van der Waals surface area contributed by atoms with Crippen LogP contribution in [0.4, 0.5) is 17.1 Å². The molecule has 490 valence electrons. The van der Waals surface area contributed by atoms with Crippen molar-refractivity contribution in [1.29, 1.82) is 0 Å². The summed E-state index contributed by atoms with van der Waals surface area (Å²) >= 11 is 0. The van der Waals surface area contributed by atoms with Gasteiger partial charge in [-0.3, -0.25) is 0 Å². The van der Waals surface area contributed by atoms with Gasteiger partial charge in [0.05, 0.1) is 33.4 Å². The van der Waals surface area contributed by atoms with E-state index in [0.29, 0.717) is 0 Å². The fourth-order valence-electron chi connectivity index (χ4n) is 19.5. The molecule has 0 atom stereocenters. The summed E-state index contributed by atoms with van der Waals surface area (Å²) < 4.78 is 15.6. The summed E-state index contributed by atoms with van der Waals surface area (Å²) in [6, 6.07) is 80.6. The third kappa shape index (κ3) is 9.59. The average Bonchev–Trinajstić information content (AvgIpc) is 0.967. The lowest BCUT2D eigenvalue weighted by Crippen LogP contribution is -2.59. The Morgan fingerprint density at radius 3 is 1.12 bits per heavy atom. The molecule has 0 N–H and O–H groups in total.